The van der Waals surface area contributed by atoms with Gasteiger partial charge in [0, 0.05) is 12.7 Å². The minimum Gasteiger partial charge on any atom is -0.497 e. The van der Waals surface area contributed by atoms with Crippen molar-refractivity contribution < 1.29 is 32.9 Å². The second kappa shape index (κ2) is 12.4. The van der Waals surface area contributed by atoms with Crippen molar-refractivity contribution in [2.45, 2.75) is 65.1 Å². The van der Waals surface area contributed by atoms with Crippen molar-refractivity contribution >= 4 is 5.97 Å². The van der Waals surface area contributed by atoms with Gasteiger partial charge in [-0.2, -0.15) is 0 Å². The highest BCUT2D eigenvalue weighted by Crippen LogP contribution is 2.43. The normalized spacial score (nSPS) is 15.0. The summed E-state index contributed by atoms with van der Waals surface area (Å²) in [6.45, 7) is 6.21. The van der Waals surface area contributed by atoms with Crippen LogP contribution in [0.15, 0.2) is 54.6 Å². The Morgan fingerprint density at radius 3 is 2.38 bits per heavy atom. The Hall–Kier alpha value is -3.45. The summed E-state index contributed by atoms with van der Waals surface area (Å²) in [5.41, 5.74) is 2.68. The van der Waals surface area contributed by atoms with Crippen LogP contribution in [0.5, 0.6) is 11.5 Å². The molecule has 4 rings (SSSR count). The van der Waals surface area contributed by atoms with Crippen LogP contribution in [0.3, 0.4) is 0 Å². The highest BCUT2D eigenvalue weighted by molar-refractivity contribution is 5.71. The second-order valence-corrected chi connectivity index (χ2v) is 11.7. The monoisotopic (exact) mass is 552 g/mol. The fraction of sp³-hybridized carbons (Fsp3) is 0.424. The zero-order valence-corrected chi connectivity index (χ0v) is 23.8. The molecule has 5 nitrogen and oxygen atoms in total. The molecule has 40 heavy (non-hydrogen) atoms. The fourth-order valence-corrected chi connectivity index (χ4v) is 5.35. The number of benzene rings is 3. The lowest BCUT2D eigenvalue weighted by Crippen LogP contribution is -2.21. The first-order valence-corrected chi connectivity index (χ1v) is 13.6. The number of hydrogen-bond acceptors (Lipinski definition) is 4. The van der Waals surface area contributed by atoms with Crippen LogP contribution in [-0.2, 0) is 16.1 Å². The van der Waals surface area contributed by atoms with E-state index in [1.165, 1.54) is 13.2 Å². The summed E-state index contributed by atoms with van der Waals surface area (Å²) < 4.78 is 47.8. The van der Waals surface area contributed by atoms with Crippen LogP contribution in [0, 0.1) is 23.0 Å². The maximum absolute atomic E-state index is 15.6. The molecule has 7 heteroatoms. The van der Waals surface area contributed by atoms with Crippen molar-refractivity contribution in [1.29, 1.82) is 0 Å². The van der Waals surface area contributed by atoms with Gasteiger partial charge < -0.3 is 19.3 Å². The molecular formula is C33H38F2O5. The summed E-state index contributed by atoms with van der Waals surface area (Å²) >= 11 is 0. The van der Waals surface area contributed by atoms with Crippen molar-refractivity contribution in [3.63, 3.8) is 0 Å². The fourth-order valence-electron chi connectivity index (χ4n) is 5.35. The summed E-state index contributed by atoms with van der Waals surface area (Å²) in [7, 11) is 3.16. The number of carboxylic acids is 1. The quantitative estimate of drug-likeness (QED) is 0.245. The SMILES string of the molecule is COc1ccc(F)c(-c2ccc(COc3cccc(C(CC(=O)O)CC4CC4)c3F)cc2[C@@H](OC)C(C)(C)C)c1. The first-order valence-electron chi connectivity index (χ1n) is 13.6. The molecule has 3 aromatic carbocycles. The standard InChI is InChI=1S/C33H38F2O5/c1-33(2,3)32(39-5)27-16-21(11-13-25(27)26-18-23(38-4)12-14-28(26)34)19-40-29-8-6-7-24(31(29)35)22(17-30(36)37)15-20-9-10-20/h6-8,11-14,16,18,20,22,32H,9-10,15,17,19H2,1-5H3,(H,36,37)/t22?,32-/m1/s1. The molecule has 0 radical (unpaired) electrons. The number of carboxylic acid groups (broad SMARTS) is 1. The Kier molecular flexibility index (Phi) is 9.14. The first-order chi connectivity index (χ1) is 19.0. The number of aliphatic carboxylic acids is 1. The van der Waals surface area contributed by atoms with E-state index in [2.05, 4.69) is 0 Å². The van der Waals surface area contributed by atoms with E-state index in [0.717, 1.165) is 24.0 Å². The molecule has 0 aromatic heterocycles. The van der Waals surface area contributed by atoms with Crippen LogP contribution in [0.2, 0.25) is 0 Å². The summed E-state index contributed by atoms with van der Waals surface area (Å²) in [6.07, 6.45) is 2.29. The maximum Gasteiger partial charge on any atom is 0.303 e. The third-order valence-corrected chi connectivity index (χ3v) is 7.45. The molecule has 1 unspecified atom stereocenters. The molecule has 214 valence electrons. The van der Waals surface area contributed by atoms with Gasteiger partial charge in [-0.1, -0.05) is 57.9 Å². The Bertz CT molecular complexity index is 1340. The first kappa shape index (κ1) is 29.5. The molecule has 2 atom stereocenters. The molecule has 0 bridgehead atoms. The topological polar surface area (TPSA) is 65.0 Å². The minimum absolute atomic E-state index is 0.0705. The summed E-state index contributed by atoms with van der Waals surface area (Å²) in [6, 6.07) is 15.1. The second-order valence-electron chi connectivity index (χ2n) is 11.7. The smallest absolute Gasteiger partial charge is 0.303 e. The van der Waals surface area contributed by atoms with Gasteiger partial charge in [0.2, 0.25) is 0 Å². The lowest BCUT2D eigenvalue weighted by atomic mass is 9.81. The Balaban J connectivity index is 1.66. The van der Waals surface area contributed by atoms with Crippen molar-refractivity contribution in [3.8, 4) is 22.6 Å². The maximum atomic E-state index is 15.6. The van der Waals surface area contributed by atoms with Crippen molar-refractivity contribution in [2.75, 3.05) is 14.2 Å². The van der Waals surface area contributed by atoms with Crippen molar-refractivity contribution in [3.05, 3.63) is 82.9 Å². The van der Waals surface area contributed by atoms with Crippen LogP contribution in [0.4, 0.5) is 8.78 Å². The Labute approximate surface area is 235 Å². The van der Waals surface area contributed by atoms with Crippen LogP contribution in [0.1, 0.15) is 75.2 Å². The average molecular weight is 553 g/mol. The largest absolute Gasteiger partial charge is 0.497 e. The van der Waals surface area contributed by atoms with E-state index >= 15 is 8.78 Å². The van der Waals surface area contributed by atoms with E-state index in [4.69, 9.17) is 14.2 Å². The number of halogens is 2. The molecular weight excluding hydrogens is 514 g/mol. The van der Waals surface area contributed by atoms with Gasteiger partial charge in [-0.05, 0) is 76.3 Å². The molecule has 3 aromatic rings. The summed E-state index contributed by atoms with van der Waals surface area (Å²) in [5, 5.41) is 9.40. The molecule has 1 fully saturated rings. The van der Waals surface area contributed by atoms with Gasteiger partial charge >= 0.3 is 5.97 Å². The highest BCUT2D eigenvalue weighted by Gasteiger charge is 2.31. The van der Waals surface area contributed by atoms with E-state index in [-0.39, 0.29) is 36.1 Å². The van der Waals surface area contributed by atoms with Crippen LogP contribution in [-0.4, -0.2) is 25.3 Å². The predicted molar refractivity (Wildman–Crippen MR) is 151 cm³/mol. The molecule has 1 aliphatic carbocycles. The van der Waals surface area contributed by atoms with Gasteiger partial charge in [0.1, 0.15) is 18.2 Å². The Morgan fingerprint density at radius 1 is 1.00 bits per heavy atom. The number of ether oxygens (including phenoxy) is 3. The van der Waals surface area contributed by atoms with Crippen LogP contribution in [0.25, 0.3) is 11.1 Å². The predicted octanol–water partition coefficient (Wildman–Crippen LogP) is 8.31. The molecule has 0 saturated heterocycles. The summed E-state index contributed by atoms with van der Waals surface area (Å²) in [5.74, 6) is -1.17. The van der Waals surface area contributed by atoms with E-state index in [0.29, 0.717) is 34.8 Å². The molecule has 0 spiro atoms. The van der Waals surface area contributed by atoms with E-state index in [1.54, 1.807) is 37.4 Å². The summed E-state index contributed by atoms with van der Waals surface area (Å²) in [4.78, 5) is 11.5. The molecule has 1 saturated carbocycles. The number of methoxy groups -OCH3 is 2. The van der Waals surface area contributed by atoms with Gasteiger partial charge in [-0.25, -0.2) is 8.78 Å². The zero-order chi connectivity index (χ0) is 29.0. The molecule has 0 heterocycles. The molecule has 1 aliphatic rings. The average Bonchev–Trinajstić information content (AvgIpc) is 3.72. The zero-order valence-electron chi connectivity index (χ0n) is 23.8. The molecule has 0 aliphatic heterocycles. The number of hydrogen-bond donors (Lipinski definition) is 1. The Morgan fingerprint density at radius 2 is 1.75 bits per heavy atom. The minimum atomic E-state index is -0.942. The third-order valence-electron chi connectivity index (χ3n) is 7.45. The van der Waals surface area contributed by atoms with Gasteiger partial charge in [0.25, 0.3) is 0 Å². The van der Waals surface area contributed by atoms with E-state index < -0.39 is 17.7 Å². The lowest BCUT2D eigenvalue weighted by molar-refractivity contribution is -0.137. The lowest BCUT2D eigenvalue weighted by Gasteiger charge is -2.32. The van der Waals surface area contributed by atoms with Gasteiger partial charge in [-0.3, -0.25) is 4.79 Å². The van der Waals surface area contributed by atoms with Gasteiger partial charge in [0.05, 0.1) is 19.6 Å². The number of carbonyl (C=O) groups is 1. The van der Waals surface area contributed by atoms with Crippen molar-refractivity contribution in [2.24, 2.45) is 11.3 Å². The van der Waals surface area contributed by atoms with Gasteiger partial charge in [0.15, 0.2) is 11.6 Å². The van der Waals surface area contributed by atoms with Crippen LogP contribution < -0.4 is 9.47 Å². The highest BCUT2D eigenvalue weighted by atomic mass is 19.1. The van der Waals surface area contributed by atoms with E-state index in [1.807, 2.05) is 39.0 Å². The molecule has 1 N–H and O–H groups in total. The van der Waals surface area contributed by atoms with Crippen molar-refractivity contribution in [1.82, 2.24) is 0 Å². The van der Waals surface area contributed by atoms with Gasteiger partial charge in [-0.15, -0.1) is 0 Å². The van der Waals surface area contributed by atoms with E-state index in [9.17, 15) is 9.90 Å². The van der Waals surface area contributed by atoms with Crippen LogP contribution >= 0.6 is 0 Å². The molecule has 0 amide bonds. The third kappa shape index (κ3) is 7.00. The number of rotatable bonds is 12.